The van der Waals surface area contributed by atoms with Gasteiger partial charge in [0.25, 0.3) is 0 Å². The largest absolute Gasteiger partial charge is 0.490 e. The Morgan fingerprint density at radius 2 is 1.73 bits per heavy atom. The summed E-state index contributed by atoms with van der Waals surface area (Å²) >= 11 is 3.39. The number of fused-ring (bicyclic) bond motifs is 1. The van der Waals surface area contributed by atoms with Crippen LogP contribution in [0.25, 0.3) is 6.08 Å². The lowest BCUT2D eigenvalue weighted by atomic mass is 10.1. The second-order valence-electron chi connectivity index (χ2n) is 4.96. The smallest absolute Gasteiger partial charge is 0.185 e. The highest BCUT2D eigenvalue weighted by molar-refractivity contribution is 9.10. The van der Waals surface area contributed by atoms with Gasteiger partial charge in [0.1, 0.15) is 0 Å². The van der Waals surface area contributed by atoms with E-state index < -0.39 is 0 Å². The maximum absolute atomic E-state index is 12.3. The standard InChI is InChI=1S/C18H15BrO3/c19-15-6-2-13(3-7-15)4-8-16(20)14-5-9-17-18(12-14)22-11-1-10-21-17/h2-9,12H,1,10-11H2/b8-4+. The minimum atomic E-state index is -0.0569. The van der Waals surface area contributed by atoms with E-state index in [4.69, 9.17) is 9.47 Å². The van der Waals surface area contributed by atoms with Crippen LogP contribution in [0.4, 0.5) is 0 Å². The summed E-state index contributed by atoms with van der Waals surface area (Å²) in [6, 6.07) is 13.1. The molecule has 2 aromatic rings. The molecule has 22 heavy (non-hydrogen) atoms. The Bertz CT molecular complexity index is 705. The molecular formula is C18H15BrO3. The van der Waals surface area contributed by atoms with Gasteiger partial charge in [-0.1, -0.05) is 34.1 Å². The van der Waals surface area contributed by atoms with E-state index in [2.05, 4.69) is 15.9 Å². The summed E-state index contributed by atoms with van der Waals surface area (Å²) in [7, 11) is 0. The molecule has 2 aromatic carbocycles. The quantitative estimate of drug-likeness (QED) is 0.598. The Hall–Kier alpha value is -2.07. The van der Waals surface area contributed by atoms with Crippen molar-refractivity contribution < 1.29 is 14.3 Å². The number of carbonyl (C=O) groups excluding carboxylic acids is 1. The zero-order valence-electron chi connectivity index (χ0n) is 11.9. The minimum Gasteiger partial charge on any atom is -0.490 e. The third-order valence-electron chi connectivity index (χ3n) is 3.33. The number of ketones is 1. The molecule has 0 bridgehead atoms. The van der Waals surface area contributed by atoms with Crippen molar-refractivity contribution in [1.82, 2.24) is 0 Å². The number of rotatable bonds is 3. The Kier molecular flexibility index (Phi) is 4.59. The highest BCUT2D eigenvalue weighted by Gasteiger charge is 2.12. The molecule has 112 valence electrons. The molecule has 0 amide bonds. The fraction of sp³-hybridized carbons (Fsp3) is 0.167. The highest BCUT2D eigenvalue weighted by atomic mass is 79.9. The molecule has 0 saturated heterocycles. The average Bonchev–Trinajstić information content (AvgIpc) is 2.78. The van der Waals surface area contributed by atoms with Crippen molar-refractivity contribution in [2.45, 2.75) is 6.42 Å². The van der Waals surface area contributed by atoms with Gasteiger partial charge in [-0.15, -0.1) is 0 Å². The van der Waals surface area contributed by atoms with Gasteiger partial charge in [-0.25, -0.2) is 0 Å². The van der Waals surface area contributed by atoms with E-state index in [1.54, 1.807) is 30.4 Å². The molecule has 0 fully saturated rings. The van der Waals surface area contributed by atoms with E-state index in [9.17, 15) is 4.79 Å². The van der Waals surface area contributed by atoms with Crippen molar-refractivity contribution in [1.29, 1.82) is 0 Å². The molecule has 3 nitrogen and oxygen atoms in total. The molecule has 0 aliphatic carbocycles. The van der Waals surface area contributed by atoms with Crippen molar-refractivity contribution in [2.24, 2.45) is 0 Å². The van der Waals surface area contributed by atoms with E-state index in [0.717, 1.165) is 16.5 Å². The highest BCUT2D eigenvalue weighted by Crippen LogP contribution is 2.30. The molecule has 0 spiro atoms. The summed E-state index contributed by atoms with van der Waals surface area (Å²) in [6.07, 6.45) is 4.22. The fourth-order valence-electron chi connectivity index (χ4n) is 2.16. The van der Waals surface area contributed by atoms with Crippen molar-refractivity contribution in [3.8, 4) is 11.5 Å². The van der Waals surface area contributed by atoms with Gasteiger partial charge in [0, 0.05) is 16.5 Å². The third kappa shape index (κ3) is 3.57. The predicted octanol–water partition coefficient (Wildman–Crippen LogP) is 4.51. The number of carbonyl (C=O) groups is 1. The lowest BCUT2D eigenvalue weighted by Crippen LogP contribution is -1.98. The van der Waals surface area contributed by atoms with Crippen molar-refractivity contribution in [2.75, 3.05) is 13.2 Å². The van der Waals surface area contributed by atoms with Crippen molar-refractivity contribution in [3.63, 3.8) is 0 Å². The van der Waals surface area contributed by atoms with Gasteiger partial charge in [-0.2, -0.15) is 0 Å². The molecule has 0 radical (unpaired) electrons. The monoisotopic (exact) mass is 358 g/mol. The van der Waals surface area contributed by atoms with Crippen LogP contribution >= 0.6 is 15.9 Å². The molecular weight excluding hydrogens is 344 g/mol. The van der Waals surface area contributed by atoms with E-state index in [1.165, 1.54) is 0 Å². The first-order chi connectivity index (χ1) is 10.7. The summed E-state index contributed by atoms with van der Waals surface area (Å²) in [5.41, 5.74) is 1.57. The zero-order chi connectivity index (χ0) is 15.4. The van der Waals surface area contributed by atoms with Crippen LogP contribution in [0.2, 0.25) is 0 Å². The van der Waals surface area contributed by atoms with Crippen LogP contribution in [0.15, 0.2) is 53.0 Å². The molecule has 0 aromatic heterocycles. The van der Waals surface area contributed by atoms with Gasteiger partial charge in [0.15, 0.2) is 17.3 Å². The first-order valence-corrected chi connectivity index (χ1v) is 7.89. The molecule has 1 heterocycles. The second kappa shape index (κ2) is 6.79. The van der Waals surface area contributed by atoms with Crippen LogP contribution in [0.1, 0.15) is 22.3 Å². The van der Waals surface area contributed by atoms with E-state index in [0.29, 0.717) is 30.3 Å². The molecule has 1 aliphatic rings. The van der Waals surface area contributed by atoms with Crippen molar-refractivity contribution in [3.05, 3.63) is 64.1 Å². The number of hydrogen-bond acceptors (Lipinski definition) is 3. The number of benzene rings is 2. The first kappa shape index (κ1) is 14.9. The van der Waals surface area contributed by atoms with Crippen LogP contribution in [0.3, 0.4) is 0 Å². The fourth-order valence-corrected chi connectivity index (χ4v) is 2.42. The maximum Gasteiger partial charge on any atom is 0.185 e. The summed E-state index contributed by atoms with van der Waals surface area (Å²) in [5, 5.41) is 0. The summed E-state index contributed by atoms with van der Waals surface area (Å²) in [5.74, 6) is 1.28. The molecule has 0 atom stereocenters. The van der Waals surface area contributed by atoms with Crippen LogP contribution in [-0.4, -0.2) is 19.0 Å². The number of hydrogen-bond donors (Lipinski definition) is 0. The van der Waals surface area contributed by atoms with E-state index >= 15 is 0 Å². The zero-order valence-corrected chi connectivity index (χ0v) is 13.5. The van der Waals surface area contributed by atoms with Crippen LogP contribution in [-0.2, 0) is 0 Å². The Balaban J connectivity index is 1.77. The lowest BCUT2D eigenvalue weighted by Gasteiger charge is -2.07. The molecule has 0 saturated carbocycles. The molecule has 0 N–H and O–H groups in total. The predicted molar refractivity (Wildman–Crippen MR) is 89.6 cm³/mol. The Labute approximate surface area is 137 Å². The number of allylic oxidation sites excluding steroid dienone is 1. The maximum atomic E-state index is 12.3. The summed E-state index contributed by atoms with van der Waals surface area (Å²) in [6.45, 7) is 1.25. The third-order valence-corrected chi connectivity index (χ3v) is 3.86. The van der Waals surface area contributed by atoms with Gasteiger partial charge in [-0.05, 0) is 42.0 Å². The number of halogens is 1. The summed E-state index contributed by atoms with van der Waals surface area (Å²) in [4.78, 5) is 12.3. The first-order valence-electron chi connectivity index (χ1n) is 7.10. The topological polar surface area (TPSA) is 35.5 Å². The normalized spacial score (nSPS) is 13.9. The van der Waals surface area contributed by atoms with Gasteiger partial charge in [0.05, 0.1) is 13.2 Å². The van der Waals surface area contributed by atoms with Crippen molar-refractivity contribution >= 4 is 27.8 Å². The summed E-state index contributed by atoms with van der Waals surface area (Å²) < 4.78 is 12.2. The van der Waals surface area contributed by atoms with Gasteiger partial charge < -0.3 is 9.47 Å². The van der Waals surface area contributed by atoms with Crippen LogP contribution < -0.4 is 9.47 Å². The van der Waals surface area contributed by atoms with E-state index in [1.807, 2.05) is 24.3 Å². The number of ether oxygens (including phenoxy) is 2. The molecule has 0 unspecified atom stereocenters. The molecule has 3 rings (SSSR count). The Morgan fingerprint density at radius 1 is 1.00 bits per heavy atom. The van der Waals surface area contributed by atoms with Crippen LogP contribution in [0.5, 0.6) is 11.5 Å². The second-order valence-corrected chi connectivity index (χ2v) is 5.88. The van der Waals surface area contributed by atoms with Gasteiger partial charge in [0.2, 0.25) is 0 Å². The molecule has 4 heteroatoms. The van der Waals surface area contributed by atoms with E-state index in [-0.39, 0.29) is 5.78 Å². The van der Waals surface area contributed by atoms with Gasteiger partial charge in [-0.3, -0.25) is 4.79 Å². The lowest BCUT2D eigenvalue weighted by molar-refractivity contribution is 0.104. The Morgan fingerprint density at radius 3 is 2.50 bits per heavy atom. The SMILES string of the molecule is O=C(/C=C/c1ccc(Br)cc1)c1ccc2c(c1)OCCCO2. The average molecular weight is 359 g/mol. The minimum absolute atomic E-state index is 0.0569. The van der Waals surface area contributed by atoms with Crippen LogP contribution in [0, 0.1) is 0 Å². The molecule has 1 aliphatic heterocycles. The van der Waals surface area contributed by atoms with Gasteiger partial charge >= 0.3 is 0 Å².